The molecule has 7 nitrogen and oxygen atoms in total. The molecule has 122 valence electrons. The Kier molecular flexibility index (Phi) is 5.15. The Morgan fingerprint density at radius 1 is 1.17 bits per heavy atom. The molecule has 0 bridgehead atoms. The zero-order valence-electron chi connectivity index (χ0n) is 12.0. The van der Waals surface area contributed by atoms with E-state index in [2.05, 4.69) is 0 Å². The molecule has 0 amide bonds. The molecule has 1 aliphatic carbocycles. The number of hydrogen-bond acceptors (Lipinski definition) is 6. The summed E-state index contributed by atoms with van der Waals surface area (Å²) in [6.45, 7) is 0. The van der Waals surface area contributed by atoms with Gasteiger partial charge in [-0.15, -0.1) is 0 Å². The summed E-state index contributed by atoms with van der Waals surface area (Å²) in [5.74, 6) is -2.53. The Labute approximate surface area is 131 Å². The Hall–Kier alpha value is -2.64. The maximum atomic E-state index is 11.8. The van der Waals surface area contributed by atoms with Crippen molar-refractivity contribution in [3.63, 3.8) is 0 Å². The molecule has 4 N–H and O–H groups in total. The number of phenolic OH excluding ortho intramolecular Hbond substituents is 1. The molecule has 0 saturated carbocycles. The first-order valence-corrected chi connectivity index (χ1v) is 6.90. The van der Waals surface area contributed by atoms with E-state index in [-0.39, 0.29) is 24.2 Å². The van der Waals surface area contributed by atoms with Gasteiger partial charge in [0.2, 0.25) is 0 Å². The average molecular weight is 320 g/mol. The van der Waals surface area contributed by atoms with E-state index in [0.29, 0.717) is 5.56 Å². The Bertz CT molecular complexity index is 658. The SMILES string of the molecule is O=C(/C=C/c1ccc(O)cc1)OC1=C(C(=O)O)CCC(O)C1O. The zero-order valence-corrected chi connectivity index (χ0v) is 12.0. The first-order valence-electron chi connectivity index (χ1n) is 6.90. The van der Waals surface area contributed by atoms with Crippen LogP contribution >= 0.6 is 0 Å². The second-order valence-electron chi connectivity index (χ2n) is 5.04. The van der Waals surface area contributed by atoms with Gasteiger partial charge in [0.25, 0.3) is 0 Å². The lowest BCUT2D eigenvalue weighted by atomic mass is 9.93. The number of aliphatic hydroxyl groups excluding tert-OH is 2. The third-order valence-electron chi connectivity index (χ3n) is 3.39. The summed E-state index contributed by atoms with van der Waals surface area (Å²) in [4.78, 5) is 22.9. The minimum absolute atomic E-state index is 0.00213. The van der Waals surface area contributed by atoms with Crippen LogP contribution < -0.4 is 0 Å². The van der Waals surface area contributed by atoms with Crippen LogP contribution in [-0.2, 0) is 14.3 Å². The van der Waals surface area contributed by atoms with Crippen molar-refractivity contribution in [1.82, 2.24) is 0 Å². The lowest BCUT2D eigenvalue weighted by molar-refractivity contribution is -0.138. The second kappa shape index (κ2) is 7.08. The number of phenols is 1. The molecule has 7 heteroatoms. The first kappa shape index (κ1) is 16.7. The molecule has 2 rings (SSSR count). The van der Waals surface area contributed by atoms with E-state index in [0.717, 1.165) is 6.08 Å². The number of hydrogen-bond donors (Lipinski definition) is 4. The number of carboxylic acid groups (broad SMARTS) is 1. The van der Waals surface area contributed by atoms with Gasteiger partial charge in [0.15, 0.2) is 0 Å². The number of aliphatic hydroxyl groups is 2. The Balaban J connectivity index is 2.13. The summed E-state index contributed by atoms with van der Waals surface area (Å²) in [6.07, 6.45) is -0.186. The van der Waals surface area contributed by atoms with Gasteiger partial charge in [0.1, 0.15) is 17.6 Å². The smallest absolute Gasteiger partial charge is 0.335 e. The van der Waals surface area contributed by atoms with Gasteiger partial charge >= 0.3 is 11.9 Å². The summed E-state index contributed by atoms with van der Waals surface area (Å²) in [5.41, 5.74) is 0.394. The highest BCUT2D eigenvalue weighted by Crippen LogP contribution is 2.27. The molecule has 0 aromatic heterocycles. The van der Waals surface area contributed by atoms with Gasteiger partial charge in [0, 0.05) is 6.08 Å². The number of carbonyl (C=O) groups excluding carboxylic acids is 1. The first-order chi connectivity index (χ1) is 10.9. The van der Waals surface area contributed by atoms with E-state index in [1.807, 2.05) is 0 Å². The maximum absolute atomic E-state index is 11.8. The van der Waals surface area contributed by atoms with Crippen LogP contribution in [-0.4, -0.2) is 44.6 Å². The number of aliphatic carboxylic acids is 1. The fraction of sp³-hybridized carbons (Fsp3) is 0.250. The van der Waals surface area contributed by atoms with Crippen LogP contribution in [0, 0.1) is 0 Å². The molecule has 0 heterocycles. The standard InChI is InChI=1S/C16H16O7/c17-10-4-1-9(2-5-10)3-8-13(19)23-15-11(16(21)22)6-7-12(18)14(15)20/h1-5,8,12,14,17-18,20H,6-7H2,(H,21,22)/b8-3+. The van der Waals surface area contributed by atoms with Crippen LogP contribution in [0.15, 0.2) is 41.7 Å². The van der Waals surface area contributed by atoms with Crippen molar-refractivity contribution >= 4 is 18.0 Å². The lowest BCUT2D eigenvalue weighted by Gasteiger charge is -2.26. The van der Waals surface area contributed by atoms with E-state index in [4.69, 9.17) is 14.9 Å². The van der Waals surface area contributed by atoms with E-state index in [1.54, 1.807) is 12.1 Å². The number of aromatic hydroxyl groups is 1. The van der Waals surface area contributed by atoms with Crippen molar-refractivity contribution in [3.8, 4) is 5.75 Å². The fourth-order valence-corrected chi connectivity index (χ4v) is 2.15. The minimum Gasteiger partial charge on any atom is -0.508 e. The normalized spacial score (nSPS) is 21.5. The molecule has 0 spiro atoms. The molecular weight excluding hydrogens is 304 g/mol. The van der Waals surface area contributed by atoms with Crippen LogP contribution in [0.2, 0.25) is 0 Å². The van der Waals surface area contributed by atoms with Crippen molar-refractivity contribution in [1.29, 1.82) is 0 Å². The van der Waals surface area contributed by atoms with Gasteiger partial charge in [0.05, 0.1) is 11.7 Å². The molecule has 1 aliphatic rings. The van der Waals surface area contributed by atoms with Crippen molar-refractivity contribution in [2.24, 2.45) is 0 Å². The molecule has 0 saturated heterocycles. The molecule has 1 aromatic rings. The van der Waals surface area contributed by atoms with Crippen molar-refractivity contribution in [2.75, 3.05) is 0 Å². The number of carbonyl (C=O) groups is 2. The molecular formula is C16H16O7. The lowest BCUT2D eigenvalue weighted by Crippen LogP contribution is -2.35. The van der Waals surface area contributed by atoms with Crippen LogP contribution in [0.1, 0.15) is 18.4 Å². The quantitative estimate of drug-likeness (QED) is 0.478. The number of rotatable bonds is 4. The molecule has 0 radical (unpaired) electrons. The monoisotopic (exact) mass is 320 g/mol. The van der Waals surface area contributed by atoms with Crippen LogP contribution in [0.4, 0.5) is 0 Å². The van der Waals surface area contributed by atoms with Gasteiger partial charge in [-0.1, -0.05) is 12.1 Å². The van der Waals surface area contributed by atoms with E-state index in [9.17, 15) is 19.8 Å². The predicted octanol–water partition coefficient (Wildman–Crippen LogP) is 0.803. The number of carboxylic acids is 1. The van der Waals surface area contributed by atoms with Gasteiger partial charge < -0.3 is 25.2 Å². The zero-order chi connectivity index (χ0) is 17.0. The summed E-state index contributed by atoms with van der Waals surface area (Å²) in [5, 5.41) is 37.6. The molecule has 2 atom stereocenters. The summed E-state index contributed by atoms with van der Waals surface area (Å²) in [6, 6.07) is 6.02. The molecule has 0 aliphatic heterocycles. The minimum atomic E-state index is -1.55. The number of benzene rings is 1. The van der Waals surface area contributed by atoms with Crippen LogP contribution in [0.5, 0.6) is 5.75 Å². The molecule has 0 fully saturated rings. The Morgan fingerprint density at radius 2 is 1.83 bits per heavy atom. The van der Waals surface area contributed by atoms with Gasteiger partial charge in [-0.2, -0.15) is 0 Å². The van der Waals surface area contributed by atoms with Gasteiger partial charge in [-0.05, 0) is 36.6 Å². The highest BCUT2D eigenvalue weighted by Gasteiger charge is 2.34. The number of ether oxygens (including phenoxy) is 1. The van der Waals surface area contributed by atoms with Gasteiger partial charge in [-0.3, -0.25) is 0 Å². The van der Waals surface area contributed by atoms with E-state index < -0.39 is 29.9 Å². The van der Waals surface area contributed by atoms with E-state index >= 15 is 0 Å². The fourth-order valence-electron chi connectivity index (χ4n) is 2.15. The predicted molar refractivity (Wildman–Crippen MR) is 79.1 cm³/mol. The maximum Gasteiger partial charge on any atom is 0.335 e. The highest BCUT2D eigenvalue weighted by molar-refractivity contribution is 5.91. The van der Waals surface area contributed by atoms with Crippen molar-refractivity contribution < 1.29 is 34.8 Å². The number of esters is 1. The van der Waals surface area contributed by atoms with Crippen LogP contribution in [0.3, 0.4) is 0 Å². The third kappa shape index (κ3) is 4.18. The molecule has 1 aromatic carbocycles. The summed E-state index contributed by atoms with van der Waals surface area (Å²) < 4.78 is 4.91. The van der Waals surface area contributed by atoms with Gasteiger partial charge in [-0.25, -0.2) is 9.59 Å². The van der Waals surface area contributed by atoms with Crippen LogP contribution in [0.25, 0.3) is 6.08 Å². The third-order valence-corrected chi connectivity index (χ3v) is 3.39. The molecule has 2 unspecified atom stereocenters. The van der Waals surface area contributed by atoms with Crippen molar-refractivity contribution in [3.05, 3.63) is 47.2 Å². The van der Waals surface area contributed by atoms with E-state index in [1.165, 1.54) is 18.2 Å². The molecule has 23 heavy (non-hydrogen) atoms. The highest BCUT2D eigenvalue weighted by atomic mass is 16.5. The van der Waals surface area contributed by atoms with Crippen molar-refractivity contribution in [2.45, 2.75) is 25.0 Å². The summed E-state index contributed by atoms with van der Waals surface area (Å²) >= 11 is 0. The second-order valence-corrected chi connectivity index (χ2v) is 5.04. The topological polar surface area (TPSA) is 124 Å². The largest absolute Gasteiger partial charge is 0.508 e. The summed E-state index contributed by atoms with van der Waals surface area (Å²) in [7, 11) is 0. The average Bonchev–Trinajstić information content (AvgIpc) is 2.51. The Morgan fingerprint density at radius 3 is 2.43 bits per heavy atom.